The van der Waals surface area contributed by atoms with Gasteiger partial charge in [-0.15, -0.1) is 0 Å². The van der Waals surface area contributed by atoms with Crippen molar-refractivity contribution >= 4 is 54.9 Å². The van der Waals surface area contributed by atoms with Gasteiger partial charge in [0.15, 0.2) is 11.5 Å². The number of nitrogens with one attached hydrogen (secondary N) is 2. The Balaban J connectivity index is 1.56. The quantitative estimate of drug-likeness (QED) is 0.255. The van der Waals surface area contributed by atoms with Gasteiger partial charge in [0.1, 0.15) is 6.54 Å². The third-order valence-corrected chi connectivity index (χ3v) is 8.95. The van der Waals surface area contributed by atoms with Crippen molar-refractivity contribution in [2.45, 2.75) is 9.79 Å². The molecule has 0 saturated heterocycles. The summed E-state index contributed by atoms with van der Waals surface area (Å²) in [6, 6.07) is 16.8. The van der Waals surface area contributed by atoms with Crippen molar-refractivity contribution in [1.82, 2.24) is 9.97 Å². The normalized spacial score (nSPS) is 11.4. The Kier molecular flexibility index (Phi) is 8.95. The van der Waals surface area contributed by atoms with E-state index in [0.29, 0.717) is 10.8 Å². The number of carbonyl (C=O) groups is 1. The van der Waals surface area contributed by atoms with Crippen LogP contribution in [-0.4, -0.2) is 53.5 Å². The Hall–Kier alpha value is -4.40. The van der Waals surface area contributed by atoms with Crippen LogP contribution in [-0.2, 0) is 24.8 Å². The molecule has 15 heteroatoms. The lowest BCUT2D eigenvalue weighted by atomic mass is 10.3. The van der Waals surface area contributed by atoms with E-state index in [4.69, 9.17) is 21.1 Å². The maximum Gasteiger partial charge on any atom is 0.264 e. The predicted molar refractivity (Wildman–Crippen MR) is 153 cm³/mol. The summed E-state index contributed by atoms with van der Waals surface area (Å²) in [5.74, 6) is -0.255. The Labute approximate surface area is 242 Å². The van der Waals surface area contributed by atoms with Gasteiger partial charge < -0.3 is 14.8 Å². The van der Waals surface area contributed by atoms with Crippen LogP contribution in [0.2, 0.25) is 5.02 Å². The number of aromatic nitrogens is 2. The van der Waals surface area contributed by atoms with Crippen LogP contribution in [0, 0.1) is 0 Å². The van der Waals surface area contributed by atoms with Crippen LogP contribution in [0.4, 0.5) is 17.3 Å². The number of nitrogens with zero attached hydrogens (tertiary/aromatic N) is 3. The zero-order valence-electron chi connectivity index (χ0n) is 21.7. The molecule has 41 heavy (non-hydrogen) atoms. The van der Waals surface area contributed by atoms with E-state index in [-0.39, 0.29) is 32.9 Å². The highest BCUT2D eigenvalue weighted by molar-refractivity contribution is 7.93. The van der Waals surface area contributed by atoms with Gasteiger partial charge in [-0.1, -0.05) is 11.6 Å². The molecule has 0 saturated carbocycles. The van der Waals surface area contributed by atoms with Crippen LogP contribution >= 0.6 is 11.6 Å². The summed E-state index contributed by atoms with van der Waals surface area (Å²) in [6.07, 6.45) is 2.78. The van der Waals surface area contributed by atoms with Crippen LogP contribution in [0.25, 0.3) is 0 Å². The molecule has 12 nitrogen and oxygen atoms in total. The molecule has 214 valence electrons. The first-order valence-electron chi connectivity index (χ1n) is 11.7. The van der Waals surface area contributed by atoms with Gasteiger partial charge in [0.05, 0.1) is 29.7 Å². The van der Waals surface area contributed by atoms with E-state index in [2.05, 4.69) is 20.0 Å². The fraction of sp³-hybridized carbons (Fsp3) is 0.115. The van der Waals surface area contributed by atoms with E-state index in [0.717, 1.165) is 4.31 Å². The van der Waals surface area contributed by atoms with Crippen molar-refractivity contribution < 1.29 is 31.1 Å². The van der Waals surface area contributed by atoms with Gasteiger partial charge in [-0.05, 0) is 66.7 Å². The maximum atomic E-state index is 13.7. The average molecular weight is 618 g/mol. The van der Waals surface area contributed by atoms with E-state index in [1.807, 2.05) is 0 Å². The average Bonchev–Trinajstić information content (AvgIpc) is 2.96. The topological polar surface area (TPSA) is 157 Å². The van der Waals surface area contributed by atoms with Crippen molar-refractivity contribution in [2.24, 2.45) is 0 Å². The Morgan fingerprint density at radius 3 is 2.07 bits per heavy atom. The van der Waals surface area contributed by atoms with Crippen LogP contribution in [0.5, 0.6) is 11.5 Å². The molecule has 0 atom stereocenters. The molecule has 0 radical (unpaired) electrons. The van der Waals surface area contributed by atoms with Crippen molar-refractivity contribution in [2.75, 3.05) is 35.1 Å². The molecule has 3 aromatic carbocycles. The standard InChI is InChI=1S/C26H24ClN5O7S2/c1-38-23-13-12-22(16-24(23)39-2)41(36,37)32(20-8-4-18(27)5-9-20)17-25(33)30-19-6-10-21(11-7-19)40(34,35)31-26-28-14-3-15-29-26/h3-16H,17H2,1-2H3,(H,30,33)(H,28,29,31). The SMILES string of the molecule is COc1ccc(S(=O)(=O)N(CC(=O)Nc2ccc(S(=O)(=O)Nc3ncccn3)cc2)c2ccc(Cl)cc2)cc1OC. The first kappa shape index (κ1) is 29.6. The van der Waals surface area contributed by atoms with E-state index in [1.54, 1.807) is 6.07 Å². The number of amides is 1. The molecule has 2 N–H and O–H groups in total. The van der Waals surface area contributed by atoms with Gasteiger partial charge in [-0.2, -0.15) is 0 Å². The zero-order valence-corrected chi connectivity index (χ0v) is 24.1. The summed E-state index contributed by atoms with van der Waals surface area (Å²) in [5, 5.41) is 2.97. The van der Waals surface area contributed by atoms with Crippen LogP contribution < -0.4 is 23.8 Å². The molecule has 1 aromatic heterocycles. The summed E-state index contributed by atoms with van der Waals surface area (Å²) < 4.78 is 66.3. The largest absolute Gasteiger partial charge is 0.493 e. The third-order valence-electron chi connectivity index (χ3n) is 5.58. The Morgan fingerprint density at radius 1 is 0.854 bits per heavy atom. The molecule has 1 amide bonds. The molecule has 1 heterocycles. The van der Waals surface area contributed by atoms with Gasteiger partial charge in [0.25, 0.3) is 20.0 Å². The highest BCUT2D eigenvalue weighted by atomic mass is 35.5. The molecule has 0 unspecified atom stereocenters. The minimum absolute atomic E-state index is 0.0946. The second-order valence-electron chi connectivity index (χ2n) is 8.26. The van der Waals surface area contributed by atoms with Crippen molar-refractivity contribution in [3.63, 3.8) is 0 Å². The maximum absolute atomic E-state index is 13.7. The number of anilines is 3. The van der Waals surface area contributed by atoms with Gasteiger partial charge in [-0.3, -0.25) is 9.10 Å². The first-order chi connectivity index (χ1) is 19.5. The highest BCUT2D eigenvalue weighted by Gasteiger charge is 2.28. The van der Waals surface area contributed by atoms with E-state index >= 15 is 0 Å². The van der Waals surface area contributed by atoms with Crippen LogP contribution in [0.3, 0.4) is 0 Å². The van der Waals surface area contributed by atoms with Crippen LogP contribution in [0.1, 0.15) is 0 Å². The molecule has 0 spiro atoms. The number of methoxy groups -OCH3 is 2. The van der Waals surface area contributed by atoms with Gasteiger partial charge in [0, 0.05) is 29.2 Å². The molecule has 0 bridgehead atoms. The smallest absolute Gasteiger partial charge is 0.264 e. The minimum Gasteiger partial charge on any atom is -0.493 e. The van der Waals surface area contributed by atoms with Crippen molar-refractivity contribution in [1.29, 1.82) is 0 Å². The van der Waals surface area contributed by atoms with Crippen LogP contribution in [0.15, 0.2) is 95.0 Å². The number of halogens is 1. The van der Waals surface area contributed by atoms with E-state index in [9.17, 15) is 21.6 Å². The number of sulfonamides is 2. The lowest BCUT2D eigenvalue weighted by Gasteiger charge is -2.24. The summed E-state index contributed by atoms with van der Waals surface area (Å²) in [6.45, 7) is -0.606. The number of benzene rings is 3. The second-order valence-corrected chi connectivity index (χ2v) is 12.2. The number of rotatable bonds is 11. The van der Waals surface area contributed by atoms with Crippen molar-refractivity contribution in [3.05, 3.63) is 90.2 Å². The molecule has 0 aliphatic rings. The summed E-state index contributed by atoms with van der Waals surface area (Å²) in [5.41, 5.74) is 0.430. The van der Waals surface area contributed by atoms with Gasteiger partial charge in [0.2, 0.25) is 11.9 Å². The molecule has 4 rings (SSSR count). The van der Waals surface area contributed by atoms with Gasteiger partial charge >= 0.3 is 0 Å². The third kappa shape index (κ3) is 7.03. The summed E-state index contributed by atoms with van der Waals surface area (Å²) in [7, 11) is -5.46. The monoisotopic (exact) mass is 617 g/mol. The second kappa shape index (κ2) is 12.4. The van der Waals surface area contributed by atoms with E-state index in [1.165, 1.54) is 93.3 Å². The fourth-order valence-corrected chi connectivity index (χ4v) is 6.13. The summed E-state index contributed by atoms with van der Waals surface area (Å²) in [4.78, 5) is 20.5. The summed E-state index contributed by atoms with van der Waals surface area (Å²) >= 11 is 5.99. The molecular weight excluding hydrogens is 594 g/mol. The van der Waals surface area contributed by atoms with E-state index < -0.39 is 32.5 Å². The van der Waals surface area contributed by atoms with Crippen molar-refractivity contribution in [3.8, 4) is 11.5 Å². The first-order valence-corrected chi connectivity index (χ1v) is 15.0. The molecule has 0 aliphatic carbocycles. The number of carbonyl (C=O) groups excluding carboxylic acids is 1. The molecular formula is C26H24ClN5O7S2. The minimum atomic E-state index is -4.27. The lowest BCUT2D eigenvalue weighted by Crippen LogP contribution is -2.38. The highest BCUT2D eigenvalue weighted by Crippen LogP contribution is 2.32. The molecule has 0 fully saturated rings. The number of hydrogen-bond donors (Lipinski definition) is 2. The molecule has 4 aromatic rings. The predicted octanol–water partition coefficient (Wildman–Crippen LogP) is 3.78. The number of ether oxygens (including phenoxy) is 2. The van der Waals surface area contributed by atoms with Gasteiger partial charge in [-0.25, -0.2) is 31.5 Å². The number of hydrogen-bond acceptors (Lipinski definition) is 9. The zero-order chi connectivity index (χ0) is 29.6. The lowest BCUT2D eigenvalue weighted by molar-refractivity contribution is -0.114. The Bertz CT molecular complexity index is 1740. The molecule has 0 aliphatic heterocycles. The Morgan fingerprint density at radius 2 is 1.46 bits per heavy atom. The fourth-order valence-electron chi connectivity index (χ4n) is 3.61.